The third-order valence-electron chi connectivity index (χ3n) is 3.33. The van der Waals surface area contributed by atoms with Crippen LogP contribution in [0.3, 0.4) is 0 Å². The molecule has 2 heterocycles. The van der Waals surface area contributed by atoms with Crippen molar-refractivity contribution in [3.8, 4) is 0 Å². The maximum Gasteiger partial charge on any atom is 0.147 e. The SMILES string of the molecule is CNN1CCC[C@H](c2cnc(Cl)c(Cl)c2)CC1. The molecule has 0 unspecified atom stereocenters. The summed E-state index contributed by atoms with van der Waals surface area (Å²) in [6.45, 7) is 2.16. The number of aromatic nitrogens is 1. The van der Waals surface area contributed by atoms with Gasteiger partial charge in [-0.25, -0.2) is 9.99 Å². The van der Waals surface area contributed by atoms with Gasteiger partial charge in [-0.3, -0.25) is 5.43 Å². The van der Waals surface area contributed by atoms with E-state index >= 15 is 0 Å². The van der Waals surface area contributed by atoms with Crippen LogP contribution in [0.5, 0.6) is 0 Å². The van der Waals surface area contributed by atoms with Crippen LogP contribution in [0.15, 0.2) is 12.3 Å². The van der Waals surface area contributed by atoms with Gasteiger partial charge in [0.2, 0.25) is 0 Å². The first kappa shape index (κ1) is 13.1. The molecule has 1 saturated heterocycles. The van der Waals surface area contributed by atoms with E-state index < -0.39 is 0 Å². The lowest BCUT2D eigenvalue weighted by Gasteiger charge is -2.18. The maximum absolute atomic E-state index is 6.01. The van der Waals surface area contributed by atoms with Gasteiger partial charge in [-0.1, -0.05) is 23.2 Å². The molecule has 1 atom stereocenters. The summed E-state index contributed by atoms with van der Waals surface area (Å²) in [5.41, 5.74) is 4.41. The Bertz CT molecular complexity index is 384. The van der Waals surface area contributed by atoms with Gasteiger partial charge in [-0.15, -0.1) is 0 Å². The maximum atomic E-state index is 6.01. The summed E-state index contributed by atoms with van der Waals surface area (Å²) in [5, 5.41) is 3.20. The van der Waals surface area contributed by atoms with E-state index in [1.54, 1.807) is 0 Å². The van der Waals surface area contributed by atoms with Crippen LogP contribution in [0.1, 0.15) is 30.7 Å². The summed E-state index contributed by atoms with van der Waals surface area (Å²) < 4.78 is 0. The zero-order valence-electron chi connectivity index (χ0n) is 9.92. The smallest absolute Gasteiger partial charge is 0.147 e. The number of halogens is 2. The van der Waals surface area contributed by atoms with Gasteiger partial charge in [0.25, 0.3) is 0 Å². The minimum absolute atomic E-state index is 0.390. The molecule has 17 heavy (non-hydrogen) atoms. The molecule has 1 aromatic heterocycles. The fourth-order valence-electron chi connectivity index (χ4n) is 2.31. The molecule has 1 fully saturated rings. The highest BCUT2D eigenvalue weighted by Gasteiger charge is 2.18. The highest BCUT2D eigenvalue weighted by molar-refractivity contribution is 6.41. The van der Waals surface area contributed by atoms with Crippen LogP contribution in [0.2, 0.25) is 10.2 Å². The fourth-order valence-corrected chi connectivity index (χ4v) is 2.59. The van der Waals surface area contributed by atoms with Crippen molar-refractivity contribution in [1.29, 1.82) is 0 Å². The average Bonchev–Trinajstić information content (AvgIpc) is 2.58. The molecular weight excluding hydrogens is 257 g/mol. The van der Waals surface area contributed by atoms with Crippen LogP contribution >= 0.6 is 23.2 Å². The summed E-state index contributed by atoms with van der Waals surface area (Å²) >= 11 is 11.8. The van der Waals surface area contributed by atoms with Crippen molar-refractivity contribution in [2.24, 2.45) is 0 Å². The molecule has 94 valence electrons. The molecule has 0 amide bonds. The Labute approximate surface area is 112 Å². The number of nitrogens with zero attached hydrogens (tertiary/aromatic N) is 2. The van der Waals surface area contributed by atoms with Crippen molar-refractivity contribution >= 4 is 23.2 Å². The molecule has 1 aliphatic rings. The molecule has 1 N–H and O–H groups in total. The Morgan fingerprint density at radius 2 is 2.18 bits per heavy atom. The van der Waals surface area contributed by atoms with Crippen molar-refractivity contribution in [3.05, 3.63) is 28.0 Å². The number of hydrogen-bond donors (Lipinski definition) is 1. The summed E-state index contributed by atoms with van der Waals surface area (Å²) in [6, 6.07) is 1.95. The molecule has 2 rings (SSSR count). The molecular formula is C12H17Cl2N3. The van der Waals surface area contributed by atoms with Crippen LogP contribution in [0, 0.1) is 0 Å². The molecule has 3 nitrogen and oxygen atoms in total. The van der Waals surface area contributed by atoms with Crippen molar-refractivity contribution in [1.82, 2.24) is 15.4 Å². The Morgan fingerprint density at radius 3 is 2.88 bits per heavy atom. The summed E-state index contributed by atoms with van der Waals surface area (Å²) in [7, 11) is 1.97. The Balaban J connectivity index is 2.08. The van der Waals surface area contributed by atoms with Crippen LogP contribution in [0.25, 0.3) is 0 Å². The second-order valence-electron chi connectivity index (χ2n) is 4.38. The molecule has 0 radical (unpaired) electrons. The van der Waals surface area contributed by atoms with E-state index in [9.17, 15) is 0 Å². The van der Waals surface area contributed by atoms with Crippen LogP contribution < -0.4 is 5.43 Å². The second kappa shape index (κ2) is 6.01. The topological polar surface area (TPSA) is 28.2 Å². The van der Waals surface area contributed by atoms with E-state index in [0.29, 0.717) is 16.1 Å². The van der Waals surface area contributed by atoms with Gasteiger partial charge in [-0.05, 0) is 43.9 Å². The quantitative estimate of drug-likeness (QED) is 0.840. The number of hydrogen-bond acceptors (Lipinski definition) is 3. The van der Waals surface area contributed by atoms with Gasteiger partial charge < -0.3 is 0 Å². The molecule has 1 aliphatic heterocycles. The highest BCUT2D eigenvalue weighted by Crippen LogP contribution is 2.30. The van der Waals surface area contributed by atoms with Crippen molar-refractivity contribution in [2.75, 3.05) is 20.1 Å². The lowest BCUT2D eigenvalue weighted by Crippen LogP contribution is -2.35. The Morgan fingerprint density at radius 1 is 1.35 bits per heavy atom. The lowest BCUT2D eigenvalue weighted by molar-refractivity contribution is 0.216. The average molecular weight is 274 g/mol. The fraction of sp³-hybridized carbons (Fsp3) is 0.583. The van der Waals surface area contributed by atoms with E-state index in [4.69, 9.17) is 23.2 Å². The minimum atomic E-state index is 0.390. The van der Waals surface area contributed by atoms with E-state index in [1.807, 2.05) is 19.3 Å². The van der Waals surface area contributed by atoms with Gasteiger partial charge in [0, 0.05) is 19.3 Å². The number of rotatable bonds is 2. The van der Waals surface area contributed by atoms with Crippen LogP contribution in [0.4, 0.5) is 0 Å². The van der Waals surface area contributed by atoms with Crippen LogP contribution in [-0.4, -0.2) is 30.1 Å². The summed E-state index contributed by atoms with van der Waals surface area (Å²) in [6.07, 6.45) is 5.35. The largest absolute Gasteiger partial charge is 0.258 e. The zero-order chi connectivity index (χ0) is 12.3. The van der Waals surface area contributed by atoms with Gasteiger partial charge >= 0.3 is 0 Å². The molecule has 0 saturated carbocycles. The first-order valence-corrected chi connectivity index (χ1v) is 6.69. The van der Waals surface area contributed by atoms with E-state index in [1.165, 1.54) is 18.4 Å². The number of pyridine rings is 1. The summed E-state index contributed by atoms with van der Waals surface area (Å²) in [4.78, 5) is 4.13. The van der Waals surface area contributed by atoms with Crippen molar-refractivity contribution in [3.63, 3.8) is 0 Å². The standard InChI is InChI=1S/C12H17Cl2N3/c1-15-17-5-2-3-9(4-6-17)10-7-11(13)12(14)16-8-10/h7-9,15H,2-6H2,1H3/t9-/m0/s1. The first-order valence-electron chi connectivity index (χ1n) is 5.94. The Kier molecular flexibility index (Phi) is 4.62. The molecule has 0 aromatic carbocycles. The first-order chi connectivity index (χ1) is 8.20. The van der Waals surface area contributed by atoms with Crippen molar-refractivity contribution < 1.29 is 0 Å². The lowest BCUT2D eigenvalue weighted by atomic mass is 9.93. The second-order valence-corrected chi connectivity index (χ2v) is 5.14. The molecule has 1 aromatic rings. The van der Waals surface area contributed by atoms with Gasteiger partial charge in [-0.2, -0.15) is 0 Å². The molecule has 0 spiro atoms. The third kappa shape index (κ3) is 3.32. The molecule has 0 aliphatic carbocycles. The Hall–Kier alpha value is -0.350. The monoisotopic (exact) mass is 273 g/mol. The molecule has 0 bridgehead atoms. The van der Waals surface area contributed by atoms with Crippen LogP contribution in [-0.2, 0) is 0 Å². The highest BCUT2D eigenvalue weighted by atomic mass is 35.5. The van der Waals surface area contributed by atoms with Crippen molar-refractivity contribution in [2.45, 2.75) is 25.2 Å². The predicted octanol–water partition coefficient (Wildman–Crippen LogP) is 3.09. The zero-order valence-corrected chi connectivity index (χ0v) is 11.4. The summed E-state index contributed by atoms with van der Waals surface area (Å²) in [5.74, 6) is 0.538. The molecule has 5 heteroatoms. The number of hydrazine groups is 1. The third-order valence-corrected chi connectivity index (χ3v) is 4.02. The predicted molar refractivity (Wildman–Crippen MR) is 71.5 cm³/mol. The van der Waals surface area contributed by atoms with E-state index in [2.05, 4.69) is 15.4 Å². The van der Waals surface area contributed by atoms with Gasteiger partial charge in [0.15, 0.2) is 0 Å². The van der Waals surface area contributed by atoms with E-state index in [-0.39, 0.29) is 0 Å². The van der Waals surface area contributed by atoms with E-state index in [0.717, 1.165) is 19.5 Å². The minimum Gasteiger partial charge on any atom is -0.258 e. The number of nitrogens with one attached hydrogen (secondary N) is 1. The van der Waals surface area contributed by atoms with Gasteiger partial charge in [0.1, 0.15) is 5.15 Å². The normalized spacial score (nSPS) is 22.4. The van der Waals surface area contributed by atoms with Gasteiger partial charge in [0.05, 0.1) is 5.02 Å².